The lowest BCUT2D eigenvalue weighted by Gasteiger charge is -2.21. The molecule has 1 aromatic rings. The van der Waals surface area contributed by atoms with Gasteiger partial charge in [0.1, 0.15) is 0 Å². The Hall–Kier alpha value is -0.610. The van der Waals surface area contributed by atoms with Crippen molar-refractivity contribution in [2.24, 2.45) is 11.7 Å². The summed E-state index contributed by atoms with van der Waals surface area (Å²) in [6.45, 7) is 11.5. The van der Waals surface area contributed by atoms with Crippen LogP contribution in [0.4, 0.5) is 5.13 Å². The Morgan fingerprint density at radius 2 is 2.06 bits per heavy atom. The first-order chi connectivity index (χ1) is 7.62. The number of aromatic nitrogens is 1. The molecule has 0 amide bonds. The van der Waals surface area contributed by atoms with Gasteiger partial charge in [-0.2, -0.15) is 0 Å². The molecule has 0 unspecified atom stereocenters. The van der Waals surface area contributed by atoms with E-state index in [-0.39, 0.29) is 0 Å². The molecule has 0 aliphatic heterocycles. The summed E-state index contributed by atoms with van der Waals surface area (Å²) >= 11 is 1.75. The van der Waals surface area contributed by atoms with Crippen molar-refractivity contribution < 1.29 is 0 Å². The monoisotopic (exact) mass is 241 g/mol. The van der Waals surface area contributed by atoms with Gasteiger partial charge in [-0.15, -0.1) is 11.3 Å². The number of rotatable bonds is 6. The van der Waals surface area contributed by atoms with E-state index in [9.17, 15) is 0 Å². The minimum absolute atomic E-state index is 0.611. The first kappa shape index (κ1) is 13.5. The van der Waals surface area contributed by atoms with Gasteiger partial charge < -0.3 is 10.6 Å². The van der Waals surface area contributed by atoms with Gasteiger partial charge in [0.05, 0.1) is 5.69 Å². The average Bonchev–Trinajstić information content (AvgIpc) is 2.68. The summed E-state index contributed by atoms with van der Waals surface area (Å²) in [5.74, 6) is 0.662. The Morgan fingerprint density at radius 1 is 1.38 bits per heavy atom. The van der Waals surface area contributed by atoms with Crippen molar-refractivity contribution in [1.29, 1.82) is 0 Å². The quantitative estimate of drug-likeness (QED) is 0.832. The van der Waals surface area contributed by atoms with Gasteiger partial charge in [-0.25, -0.2) is 4.98 Å². The maximum Gasteiger partial charge on any atom is 0.185 e. The third-order valence-electron chi connectivity index (χ3n) is 2.53. The lowest BCUT2D eigenvalue weighted by Crippen LogP contribution is -2.27. The zero-order valence-corrected chi connectivity index (χ0v) is 11.6. The van der Waals surface area contributed by atoms with Crippen molar-refractivity contribution in [2.75, 3.05) is 18.0 Å². The van der Waals surface area contributed by atoms with Gasteiger partial charge in [0, 0.05) is 24.5 Å². The highest BCUT2D eigenvalue weighted by Crippen LogP contribution is 2.26. The second-order valence-electron chi connectivity index (χ2n) is 4.36. The topological polar surface area (TPSA) is 42.2 Å². The molecule has 4 heteroatoms. The molecule has 16 heavy (non-hydrogen) atoms. The summed E-state index contributed by atoms with van der Waals surface area (Å²) in [4.78, 5) is 8.26. The molecule has 0 aliphatic rings. The number of thiazole rings is 1. The highest BCUT2D eigenvalue weighted by Gasteiger charge is 2.14. The molecule has 1 heterocycles. The molecule has 92 valence electrons. The summed E-state index contributed by atoms with van der Waals surface area (Å²) in [6.07, 6.45) is 0.974. The number of aryl methyl sites for hydroxylation is 1. The van der Waals surface area contributed by atoms with Crippen molar-refractivity contribution in [2.45, 2.75) is 40.7 Å². The Kier molecular flexibility index (Phi) is 5.22. The average molecular weight is 241 g/mol. The van der Waals surface area contributed by atoms with Crippen LogP contribution in [0.25, 0.3) is 0 Å². The predicted octanol–water partition coefficient (Wildman–Crippen LogP) is 2.65. The van der Waals surface area contributed by atoms with Gasteiger partial charge in [-0.05, 0) is 19.3 Å². The number of hydrogen-bond acceptors (Lipinski definition) is 4. The van der Waals surface area contributed by atoms with Gasteiger partial charge in [0.2, 0.25) is 0 Å². The molecule has 0 fully saturated rings. The van der Waals surface area contributed by atoms with Crippen LogP contribution in [0.2, 0.25) is 0 Å². The van der Waals surface area contributed by atoms with Crippen LogP contribution < -0.4 is 10.6 Å². The summed E-state index contributed by atoms with van der Waals surface area (Å²) in [6, 6.07) is 0. The lowest BCUT2D eigenvalue weighted by atomic mass is 10.2. The molecule has 0 saturated carbocycles. The summed E-state index contributed by atoms with van der Waals surface area (Å²) < 4.78 is 0. The molecule has 0 aromatic carbocycles. The van der Waals surface area contributed by atoms with Crippen LogP contribution in [0.3, 0.4) is 0 Å². The van der Waals surface area contributed by atoms with Gasteiger partial charge in [0.15, 0.2) is 5.13 Å². The molecule has 1 aromatic heterocycles. The summed E-state index contributed by atoms with van der Waals surface area (Å²) in [5.41, 5.74) is 6.91. The van der Waals surface area contributed by atoms with E-state index < -0.39 is 0 Å². The Bertz CT molecular complexity index is 299. The van der Waals surface area contributed by atoms with Gasteiger partial charge in [-0.1, -0.05) is 20.8 Å². The smallest absolute Gasteiger partial charge is 0.185 e. The Morgan fingerprint density at radius 3 is 2.44 bits per heavy atom. The fourth-order valence-corrected chi connectivity index (χ4v) is 2.82. The molecule has 0 saturated heterocycles. The van der Waals surface area contributed by atoms with E-state index in [0.29, 0.717) is 12.5 Å². The van der Waals surface area contributed by atoms with Crippen molar-refractivity contribution in [3.05, 3.63) is 10.6 Å². The van der Waals surface area contributed by atoms with Crippen LogP contribution in [-0.4, -0.2) is 18.1 Å². The molecule has 0 radical (unpaired) electrons. The van der Waals surface area contributed by atoms with E-state index in [1.165, 1.54) is 10.6 Å². The Balaban J connectivity index is 2.88. The first-order valence-corrected chi connectivity index (χ1v) is 6.87. The highest BCUT2D eigenvalue weighted by atomic mass is 32.1. The fourth-order valence-electron chi connectivity index (χ4n) is 1.72. The molecular weight excluding hydrogens is 218 g/mol. The zero-order valence-electron chi connectivity index (χ0n) is 10.8. The van der Waals surface area contributed by atoms with Gasteiger partial charge in [0.25, 0.3) is 0 Å². The number of hydrogen-bond donors (Lipinski definition) is 1. The largest absolute Gasteiger partial charge is 0.348 e. The lowest BCUT2D eigenvalue weighted by molar-refractivity contribution is 0.617. The van der Waals surface area contributed by atoms with Gasteiger partial charge >= 0.3 is 0 Å². The molecule has 2 N–H and O–H groups in total. The third-order valence-corrected chi connectivity index (χ3v) is 3.71. The predicted molar refractivity (Wildman–Crippen MR) is 72.1 cm³/mol. The normalized spacial score (nSPS) is 11.1. The zero-order chi connectivity index (χ0) is 12.1. The van der Waals surface area contributed by atoms with Crippen LogP contribution in [0.5, 0.6) is 0 Å². The summed E-state index contributed by atoms with van der Waals surface area (Å²) in [5, 5.41) is 1.13. The maximum absolute atomic E-state index is 5.73. The molecule has 1 rings (SSSR count). The number of nitrogens with two attached hydrogens (primary N) is 1. The van der Waals surface area contributed by atoms with E-state index in [4.69, 9.17) is 5.73 Å². The molecule has 0 bridgehead atoms. The van der Waals surface area contributed by atoms with Crippen LogP contribution >= 0.6 is 11.3 Å². The molecular formula is C12H23N3S. The SMILES string of the molecule is CCc1nc(N(CC)CC(C)C)sc1CN. The second-order valence-corrected chi connectivity index (χ2v) is 5.42. The third kappa shape index (κ3) is 3.19. The molecule has 0 spiro atoms. The van der Waals surface area contributed by atoms with Gasteiger partial charge in [-0.3, -0.25) is 0 Å². The van der Waals surface area contributed by atoms with Crippen LogP contribution in [-0.2, 0) is 13.0 Å². The van der Waals surface area contributed by atoms with Crippen molar-refractivity contribution in [3.8, 4) is 0 Å². The minimum atomic E-state index is 0.611. The molecule has 0 atom stereocenters. The minimum Gasteiger partial charge on any atom is -0.348 e. The van der Waals surface area contributed by atoms with E-state index in [1.807, 2.05) is 0 Å². The van der Waals surface area contributed by atoms with Crippen molar-refractivity contribution >= 4 is 16.5 Å². The second kappa shape index (κ2) is 6.21. The number of nitrogens with zero attached hydrogens (tertiary/aromatic N) is 2. The standard InChI is InChI=1S/C12H23N3S/c1-5-10-11(7-13)16-12(14-10)15(6-2)8-9(3)4/h9H,5-8,13H2,1-4H3. The molecule has 3 nitrogen and oxygen atoms in total. The van der Waals surface area contributed by atoms with Crippen LogP contribution in [0.1, 0.15) is 38.3 Å². The maximum atomic E-state index is 5.73. The molecule has 0 aliphatic carbocycles. The Labute approximate surface area is 103 Å². The summed E-state index contributed by atoms with van der Waals surface area (Å²) in [7, 11) is 0. The van der Waals surface area contributed by atoms with E-state index in [0.717, 1.165) is 24.6 Å². The van der Waals surface area contributed by atoms with Crippen molar-refractivity contribution in [3.63, 3.8) is 0 Å². The highest BCUT2D eigenvalue weighted by molar-refractivity contribution is 7.15. The van der Waals surface area contributed by atoms with E-state index in [1.54, 1.807) is 11.3 Å². The van der Waals surface area contributed by atoms with Crippen LogP contribution in [0.15, 0.2) is 0 Å². The van der Waals surface area contributed by atoms with E-state index in [2.05, 4.69) is 37.6 Å². The first-order valence-electron chi connectivity index (χ1n) is 6.05. The van der Waals surface area contributed by atoms with Crippen molar-refractivity contribution in [1.82, 2.24) is 4.98 Å². The van der Waals surface area contributed by atoms with Crippen LogP contribution in [0, 0.1) is 5.92 Å². The van der Waals surface area contributed by atoms with E-state index >= 15 is 0 Å². The fraction of sp³-hybridized carbons (Fsp3) is 0.750. The number of anilines is 1.